The van der Waals surface area contributed by atoms with Gasteiger partial charge in [0.15, 0.2) is 0 Å². The molecule has 2 heterocycles. The summed E-state index contributed by atoms with van der Waals surface area (Å²) in [6, 6.07) is 0. The van der Waals surface area contributed by atoms with Crippen LogP contribution in [0.5, 0.6) is 0 Å². The fraction of sp³-hybridized carbons (Fsp3) is 0.750. The first-order valence-corrected chi connectivity index (χ1v) is 6.82. The summed E-state index contributed by atoms with van der Waals surface area (Å²) in [5, 5.41) is 4.07. The smallest absolute Gasteiger partial charge is 0.278 e. The van der Waals surface area contributed by atoms with Gasteiger partial charge in [-0.2, -0.15) is 9.40 Å². The Kier molecular flexibility index (Phi) is 2.62. The summed E-state index contributed by atoms with van der Waals surface area (Å²) in [5.41, 5.74) is -0.189. The van der Waals surface area contributed by atoms with Gasteiger partial charge in [-0.3, -0.25) is 4.57 Å². The molecule has 1 aliphatic heterocycles. The van der Waals surface area contributed by atoms with E-state index in [2.05, 4.69) is 5.10 Å². The maximum Gasteiger partial charge on any atom is 0.345 e. The molecule has 0 radical (unpaired) electrons. The summed E-state index contributed by atoms with van der Waals surface area (Å²) in [6.07, 6.45) is 1.66. The first kappa shape index (κ1) is 11.3. The summed E-state index contributed by atoms with van der Waals surface area (Å²) in [4.78, 5) is 11.6. The molecule has 0 N–H and O–H groups in total. The van der Waals surface area contributed by atoms with Gasteiger partial charge in [0.1, 0.15) is 5.82 Å². The van der Waals surface area contributed by atoms with Gasteiger partial charge < -0.3 is 0 Å². The van der Waals surface area contributed by atoms with E-state index in [0.717, 1.165) is 0 Å². The third-order valence-electron chi connectivity index (χ3n) is 2.71. The van der Waals surface area contributed by atoms with Crippen molar-refractivity contribution in [3.05, 3.63) is 16.3 Å². The monoisotopic (exact) mass is 246 g/mol. The second-order valence-electron chi connectivity index (χ2n) is 3.89. The van der Waals surface area contributed by atoms with E-state index in [0.29, 0.717) is 31.9 Å². The van der Waals surface area contributed by atoms with Crippen molar-refractivity contribution in [2.45, 2.75) is 13.0 Å². The van der Waals surface area contributed by atoms with Crippen molar-refractivity contribution in [3.63, 3.8) is 0 Å². The van der Waals surface area contributed by atoms with Crippen molar-refractivity contribution in [1.82, 2.24) is 18.7 Å². The number of nitrogens with zero attached hydrogens (tertiary/aromatic N) is 4. The molecular weight excluding hydrogens is 232 g/mol. The Labute approximate surface area is 93.3 Å². The fourth-order valence-corrected chi connectivity index (χ4v) is 2.68. The topological polar surface area (TPSA) is 77.2 Å². The quantitative estimate of drug-likeness (QED) is 0.598. The number of aryl methyl sites for hydroxylation is 1. The highest BCUT2D eigenvalue weighted by molar-refractivity contribution is 7.88. The number of aromatic nitrogens is 3. The number of hydrogen-bond acceptors (Lipinski definition) is 4. The molecule has 0 saturated carbocycles. The van der Waals surface area contributed by atoms with Crippen molar-refractivity contribution < 1.29 is 8.42 Å². The Bertz CT molecular complexity index is 556. The molecule has 0 atom stereocenters. The third-order valence-corrected chi connectivity index (χ3v) is 4.01. The second-order valence-corrected chi connectivity index (χ2v) is 5.87. The Balaban J connectivity index is 2.31. The molecule has 90 valence electrons. The van der Waals surface area contributed by atoms with Crippen LogP contribution in [0, 0.1) is 0 Å². The van der Waals surface area contributed by atoms with E-state index in [1.165, 1.54) is 19.8 Å². The number of hydrogen-bond donors (Lipinski definition) is 0. The fourth-order valence-electron chi connectivity index (χ4n) is 1.84. The van der Waals surface area contributed by atoms with Crippen LogP contribution in [0.4, 0.5) is 0 Å². The average molecular weight is 246 g/mol. The molecule has 0 bridgehead atoms. The van der Waals surface area contributed by atoms with Crippen molar-refractivity contribution >= 4 is 10.0 Å². The van der Waals surface area contributed by atoms with Gasteiger partial charge in [-0.25, -0.2) is 17.9 Å². The highest BCUT2D eigenvalue weighted by atomic mass is 32.2. The van der Waals surface area contributed by atoms with Crippen LogP contribution in [0.15, 0.2) is 4.79 Å². The minimum absolute atomic E-state index is 0.189. The Morgan fingerprint density at radius 3 is 2.56 bits per heavy atom. The lowest BCUT2D eigenvalue weighted by Gasteiger charge is -2.15. The van der Waals surface area contributed by atoms with Crippen molar-refractivity contribution in [2.75, 3.05) is 19.3 Å². The highest BCUT2D eigenvalue weighted by Gasteiger charge is 2.23. The lowest BCUT2D eigenvalue weighted by molar-refractivity contribution is 0.415. The van der Waals surface area contributed by atoms with Crippen LogP contribution in [0.1, 0.15) is 5.82 Å². The zero-order valence-electron chi connectivity index (χ0n) is 9.25. The van der Waals surface area contributed by atoms with Crippen LogP contribution in [0.25, 0.3) is 0 Å². The maximum atomic E-state index is 11.6. The van der Waals surface area contributed by atoms with E-state index in [1.807, 2.05) is 0 Å². The van der Waals surface area contributed by atoms with Crippen LogP contribution >= 0.6 is 0 Å². The molecule has 0 saturated heterocycles. The minimum atomic E-state index is -3.18. The molecule has 8 heteroatoms. The lowest BCUT2D eigenvalue weighted by atomic mass is 10.4. The van der Waals surface area contributed by atoms with Crippen LogP contribution in [-0.2, 0) is 30.0 Å². The van der Waals surface area contributed by atoms with Crippen LogP contribution in [0.2, 0.25) is 0 Å². The van der Waals surface area contributed by atoms with E-state index in [4.69, 9.17) is 0 Å². The lowest BCUT2D eigenvalue weighted by Crippen LogP contribution is -2.34. The Morgan fingerprint density at radius 1 is 1.25 bits per heavy atom. The molecule has 1 aromatic heterocycles. The molecule has 0 aromatic carbocycles. The summed E-state index contributed by atoms with van der Waals surface area (Å²) < 4.78 is 26.9. The van der Waals surface area contributed by atoms with Crippen LogP contribution in [0.3, 0.4) is 0 Å². The van der Waals surface area contributed by atoms with Gasteiger partial charge in [0.25, 0.3) is 0 Å². The normalized spacial score (nSPS) is 18.1. The van der Waals surface area contributed by atoms with Gasteiger partial charge in [-0.15, -0.1) is 0 Å². The zero-order valence-corrected chi connectivity index (χ0v) is 10.1. The molecular formula is C8H14N4O3S. The van der Waals surface area contributed by atoms with Gasteiger partial charge in [0, 0.05) is 33.1 Å². The number of rotatable bonds is 1. The van der Waals surface area contributed by atoms with Crippen molar-refractivity contribution in [1.29, 1.82) is 0 Å². The van der Waals surface area contributed by atoms with E-state index < -0.39 is 10.0 Å². The van der Waals surface area contributed by atoms with Crippen molar-refractivity contribution in [2.24, 2.45) is 7.05 Å². The average Bonchev–Trinajstić information content (AvgIpc) is 2.39. The maximum absolute atomic E-state index is 11.6. The van der Waals surface area contributed by atoms with E-state index in [-0.39, 0.29) is 5.69 Å². The third kappa shape index (κ3) is 1.90. The molecule has 7 nitrogen and oxygen atoms in total. The molecule has 2 rings (SSSR count). The SMILES string of the molecule is Cn1nc2n(c1=O)CCN(S(C)(=O)=O)CC2. The Hall–Kier alpha value is -1.15. The van der Waals surface area contributed by atoms with E-state index >= 15 is 0 Å². The first-order valence-electron chi connectivity index (χ1n) is 4.97. The predicted octanol–water partition coefficient (Wildman–Crippen LogP) is -1.60. The molecule has 0 aliphatic carbocycles. The number of fused-ring (bicyclic) bond motifs is 1. The predicted molar refractivity (Wildman–Crippen MR) is 57.6 cm³/mol. The second kappa shape index (κ2) is 3.70. The summed E-state index contributed by atoms with van der Waals surface area (Å²) >= 11 is 0. The Morgan fingerprint density at radius 2 is 1.94 bits per heavy atom. The minimum Gasteiger partial charge on any atom is -0.278 e. The highest BCUT2D eigenvalue weighted by Crippen LogP contribution is 2.07. The zero-order chi connectivity index (χ0) is 11.9. The first-order chi connectivity index (χ1) is 7.39. The van der Waals surface area contributed by atoms with E-state index in [9.17, 15) is 13.2 Å². The summed E-state index contributed by atoms with van der Waals surface area (Å²) in [6.45, 7) is 1.09. The molecule has 0 spiro atoms. The van der Waals surface area contributed by atoms with Gasteiger partial charge in [0.2, 0.25) is 10.0 Å². The molecule has 0 fully saturated rings. The van der Waals surface area contributed by atoms with Gasteiger partial charge >= 0.3 is 5.69 Å². The van der Waals surface area contributed by atoms with Gasteiger partial charge in [-0.05, 0) is 0 Å². The molecule has 0 amide bonds. The standard InChI is InChI=1S/C8H14N4O3S/c1-10-8(13)12-6-5-11(16(2,14)15)4-3-7(12)9-10/h3-6H2,1-2H3. The van der Waals surface area contributed by atoms with Crippen LogP contribution in [-0.4, -0.2) is 46.4 Å². The molecule has 1 aromatic rings. The summed E-state index contributed by atoms with van der Waals surface area (Å²) in [7, 11) is -1.59. The molecule has 1 aliphatic rings. The molecule has 16 heavy (non-hydrogen) atoms. The summed E-state index contributed by atoms with van der Waals surface area (Å²) in [5.74, 6) is 0.652. The van der Waals surface area contributed by atoms with Crippen LogP contribution < -0.4 is 5.69 Å². The number of sulfonamides is 1. The van der Waals surface area contributed by atoms with Gasteiger partial charge in [-0.1, -0.05) is 0 Å². The van der Waals surface area contributed by atoms with Gasteiger partial charge in [0.05, 0.1) is 6.26 Å². The van der Waals surface area contributed by atoms with Crippen molar-refractivity contribution in [3.8, 4) is 0 Å². The molecule has 0 unspecified atom stereocenters. The largest absolute Gasteiger partial charge is 0.345 e. The van der Waals surface area contributed by atoms with E-state index in [1.54, 1.807) is 7.05 Å².